The minimum atomic E-state index is -0.779. The lowest BCUT2D eigenvalue weighted by molar-refractivity contribution is 0.102. The van der Waals surface area contributed by atoms with Gasteiger partial charge in [-0.25, -0.2) is 9.37 Å². The molecule has 0 fully saturated rings. The minimum absolute atomic E-state index is 0.110. The number of methoxy groups -OCH3 is 1. The number of nitrogens with zero attached hydrogens (tertiary/aromatic N) is 2. The molecule has 0 radical (unpaired) electrons. The van der Waals surface area contributed by atoms with Gasteiger partial charge in [0.1, 0.15) is 23.2 Å². The zero-order valence-corrected chi connectivity index (χ0v) is 20.2. The first-order valence-corrected chi connectivity index (χ1v) is 10.8. The smallest absolute Gasteiger partial charge is 0.259 e. The predicted molar refractivity (Wildman–Crippen MR) is 133 cm³/mol. The molecule has 8 nitrogen and oxygen atoms in total. The molecule has 1 heterocycles. The average molecular weight is 561 g/mol. The van der Waals surface area contributed by atoms with Crippen molar-refractivity contribution >= 4 is 51.7 Å². The van der Waals surface area contributed by atoms with Crippen molar-refractivity contribution < 1.29 is 18.7 Å². The SMILES string of the molecule is COc1ccc(NC(=O)c2ccc(C(=N)N(C)C)cc2F)c(C(=O)Nc2ccc(I)cn2)c1. The molecule has 0 spiro atoms. The molecule has 1 aromatic heterocycles. The lowest BCUT2D eigenvalue weighted by Crippen LogP contribution is -2.23. The van der Waals surface area contributed by atoms with Crippen LogP contribution >= 0.6 is 22.6 Å². The van der Waals surface area contributed by atoms with E-state index in [-0.39, 0.29) is 22.6 Å². The quantitative estimate of drug-likeness (QED) is 0.237. The van der Waals surface area contributed by atoms with E-state index in [1.807, 2.05) is 0 Å². The molecule has 2 amide bonds. The number of ether oxygens (including phenoxy) is 1. The van der Waals surface area contributed by atoms with Gasteiger partial charge in [0, 0.05) is 29.4 Å². The Hall–Kier alpha value is -3.54. The first kappa shape index (κ1) is 24.1. The number of hydrogen-bond acceptors (Lipinski definition) is 5. The van der Waals surface area contributed by atoms with Crippen molar-refractivity contribution in [3.05, 3.63) is 80.8 Å². The van der Waals surface area contributed by atoms with Gasteiger partial charge in [0.15, 0.2) is 0 Å². The van der Waals surface area contributed by atoms with Crippen molar-refractivity contribution in [2.75, 3.05) is 31.8 Å². The number of anilines is 2. The van der Waals surface area contributed by atoms with Gasteiger partial charge >= 0.3 is 0 Å². The molecular formula is C23H21FIN5O3. The molecule has 3 rings (SSSR count). The third-order valence-electron chi connectivity index (χ3n) is 4.62. The minimum Gasteiger partial charge on any atom is -0.497 e. The second-order valence-corrected chi connectivity index (χ2v) is 8.36. The van der Waals surface area contributed by atoms with Gasteiger partial charge in [-0.15, -0.1) is 0 Å². The maximum atomic E-state index is 14.6. The Morgan fingerprint density at radius 2 is 1.76 bits per heavy atom. The van der Waals surface area contributed by atoms with Crippen LogP contribution in [0.1, 0.15) is 26.3 Å². The van der Waals surface area contributed by atoms with Crippen LogP contribution in [0, 0.1) is 14.8 Å². The van der Waals surface area contributed by atoms with E-state index >= 15 is 0 Å². The normalized spacial score (nSPS) is 10.3. The largest absolute Gasteiger partial charge is 0.497 e. The van der Waals surface area contributed by atoms with Crippen LogP contribution in [0.3, 0.4) is 0 Å². The van der Waals surface area contributed by atoms with Crippen LogP contribution in [0.5, 0.6) is 5.75 Å². The zero-order valence-electron chi connectivity index (χ0n) is 18.1. The third kappa shape index (κ3) is 5.83. The van der Waals surface area contributed by atoms with Gasteiger partial charge in [-0.3, -0.25) is 15.0 Å². The lowest BCUT2D eigenvalue weighted by atomic mass is 10.1. The molecule has 3 aromatic rings. The molecule has 0 saturated carbocycles. The van der Waals surface area contributed by atoms with Gasteiger partial charge in [0.2, 0.25) is 0 Å². The van der Waals surface area contributed by atoms with Gasteiger partial charge in [-0.1, -0.05) is 6.07 Å². The Bertz CT molecular complexity index is 1220. The van der Waals surface area contributed by atoms with Gasteiger partial charge < -0.3 is 20.3 Å². The number of aromatic nitrogens is 1. The van der Waals surface area contributed by atoms with E-state index in [1.165, 1.54) is 36.3 Å². The van der Waals surface area contributed by atoms with Crippen LogP contribution in [0.2, 0.25) is 0 Å². The molecule has 0 saturated heterocycles. The first-order valence-electron chi connectivity index (χ1n) is 9.67. The van der Waals surface area contributed by atoms with Crippen LogP contribution in [-0.4, -0.2) is 48.7 Å². The van der Waals surface area contributed by atoms with Crippen molar-refractivity contribution in [3.63, 3.8) is 0 Å². The van der Waals surface area contributed by atoms with Crippen molar-refractivity contribution in [1.82, 2.24) is 9.88 Å². The van der Waals surface area contributed by atoms with Crippen LogP contribution in [0.15, 0.2) is 54.7 Å². The number of amidine groups is 1. The molecule has 0 bridgehead atoms. The zero-order chi connectivity index (χ0) is 24.1. The Morgan fingerprint density at radius 3 is 2.36 bits per heavy atom. The molecule has 0 aliphatic rings. The second-order valence-electron chi connectivity index (χ2n) is 7.12. The van der Waals surface area contributed by atoms with E-state index in [9.17, 15) is 14.0 Å². The number of amides is 2. The molecule has 0 aliphatic heterocycles. The highest BCUT2D eigenvalue weighted by molar-refractivity contribution is 14.1. The van der Waals surface area contributed by atoms with Gasteiger partial charge in [0.25, 0.3) is 11.8 Å². The first-order chi connectivity index (χ1) is 15.7. The summed E-state index contributed by atoms with van der Waals surface area (Å²) in [6, 6.07) is 11.9. The van der Waals surface area contributed by atoms with Gasteiger partial charge in [-0.05, 0) is 65.1 Å². The highest BCUT2D eigenvalue weighted by Crippen LogP contribution is 2.24. The van der Waals surface area contributed by atoms with E-state index < -0.39 is 17.6 Å². The number of carbonyl (C=O) groups is 2. The second kappa shape index (κ2) is 10.4. The average Bonchev–Trinajstić information content (AvgIpc) is 2.79. The summed E-state index contributed by atoms with van der Waals surface area (Å²) in [4.78, 5) is 31.3. The number of benzene rings is 2. The summed E-state index contributed by atoms with van der Waals surface area (Å²) in [5.74, 6) is -1.18. The summed E-state index contributed by atoms with van der Waals surface area (Å²) in [6.07, 6.45) is 1.60. The lowest BCUT2D eigenvalue weighted by Gasteiger charge is -2.15. The number of pyridine rings is 1. The van der Waals surface area contributed by atoms with Crippen LogP contribution in [-0.2, 0) is 0 Å². The van der Waals surface area contributed by atoms with Gasteiger partial charge in [-0.2, -0.15) is 0 Å². The Kier molecular flexibility index (Phi) is 7.59. The van der Waals surface area contributed by atoms with Crippen LogP contribution in [0.4, 0.5) is 15.9 Å². The van der Waals surface area contributed by atoms with E-state index in [1.54, 1.807) is 38.5 Å². The fourth-order valence-electron chi connectivity index (χ4n) is 2.88. The summed E-state index contributed by atoms with van der Waals surface area (Å²) in [5.41, 5.74) is 0.415. The predicted octanol–water partition coefficient (Wildman–Crippen LogP) is 4.23. The fourth-order valence-corrected chi connectivity index (χ4v) is 3.19. The summed E-state index contributed by atoms with van der Waals surface area (Å²) in [5, 5.41) is 13.2. The number of carbonyl (C=O) groups excluding carboxylic acids is 2. The molecule has 170 valence electrons. The van der Waals surface area contributed by atoms with E-state index in [0.29, 0.717) is 17.1 Å². The van der Waals surface area contributed by atoms with E-state index in [2.05, 4.69) is 38.2 Å². The molecular weight excluding hydrogens is 540 g/mol. The molecule has 3 N–H and O–H groups in total. The Morgan fingerprint density at radius 1 is 1.03 bits per heavy atom. The number of rotatable bonds is 6. The van der Waals surface area contributed by atoms with E-state index in [4.69, 9.17) is 10.1 Å². The van der Waals surface area contributed by atoms with Gasteiger partial charge in [0.05, 0.1) is 23.9 Å². The maximum absolute atomic E-state index is 14.6. The van der Waals surface area contributed by atoms with Crippen molar-refractivity contribution in [2.24, 2.45) is 0 Å². The fraction of sp³-hybridized carbons (Fsp3) is 0.130. The third-order valence-corrected chi connectivity index (χ3v) is 5.26. The molecule has 10 heteroatoms. The summed E-state index contributed by atoms with van der Waals surface area (Å²) in [6.45, 7) is 0. The summed E-state index contributed by atoms with van der Waals surface area (Å²) >= 11 is 2.10. The maximum Gasteiger partial charge on any atom is 0.259 e. The Balaban J connectivity index is 1.87. The number of nitrogens with one attached hydrogen (secondary N) is 3. The number of hydrogen-bond donors (Lipinski definition) is 3. The summed E-state index contributed by atoms with van der Waals surface area (Å²) < 4.78 is 20.7. The topological polar surface area (TPSA) is 107 Å². The van der Waals surface area contributed by atoms with Crippen molar-refractivity contribution in [3.8, 4) is 5.75 Å². The molecule has 0 atom stereocenters. The molecule has 33 heavy (non-hydrogen) atoms. The highest BCUT2D eigenvalue weighted by atomic mass is 127. The highest BCUT2D eigenvalue weighted by Gasteiger charge is 2.19. The van der Waals surface area contributed by atoms with Crippen molar-refractivity contribution in [1.29, 1.82) is 5.41 Å². The standard InChI is InChI=1S/C23H21FIN5O3/c1-30(2)21(26)13-4-7-16(18(24)10-13)22(31)28-19-8-6-15(33-3)11-17(19)23(32)29-20-9-5-14(25)12-27-20/h4-12,26H,1-3H3,(H,28,31)(H,27,29,32). The molecule has 0 aliphatic carbocycles. The number of halogens is 2. The van der Waals surface area contributed by atoms with Crippen LogP contribution < -0.4 is 15.4 Å². The van der Waals surface area contributed by atoms with Crippen molar-refractivity contribution in [2.45, 2.75) is 0 Å². The monoisotopic (exact) mass is 561 g/mol. The Labute approximate surface area is 203 Å². The van der Waals surface area contributed by atoms with Crippen LogP contribution in [0.25, 0.3) is 0 Å². The summed E-state index contributed by atoms with van der Waals surface area (Å²) in [7, 11) is 4.80. The van der Waals surface area contributed by atoms with E-state index in [0.717, 1.165) is 9.64 Å². The molecule has 0 unspecified atom stereocenters. The molecule has 2 aromatic carbocycles.